The molecule has 96 valence electrons. The minimum atomic E-state index is 0.487. The third kappa shape index (κ3) is 5.34. The van der Waals surface area contributed by atoms with Crippen LogP contribution in [0.1, 0.15) is 72.6 Å². The minimum absolute atomic E-state index is 0.487. The van der Waals surface area contributed by atoms with Gasteiger partial charge in [-0.2, -0.15) is 0 Å². The average Bonchev–Trinajstić information content (AvgIpc) is 2.62. The van der Waals surface area contributed by atoms with Crippen LogP contribution in [0.5, 0.6) is 0 Å². The smallest absolute Gasteiger partial charge is 0.00699 e. The Kier molecular flexibility index (Phi) is 5.82. The summed E-state index contributed by atoms with van der Waals surface area (Å²) in [6, 6.07) is 0.806. The first-order chi connectivity index (χ1) is 7.53. The highest BCUT2D eigenvalue weighted by molar-refractivity contribution is 4.81. The predicted molar refractivity (Wildman–Crippen MR) is 72.7 cm³/mol. The van der Waals surface area contributed by atoms with Gasteiger partial charge in [-0.3, -0.25) is 0 Å². The van der Waals surface area contributed by atoms with Crippen molar-refractivity contribution in [3.05, 3.63) is 0 Å². The van der Waals surface area contributed by atoms with Gasteiger partial charge in [-0.15, -0.1) is 0 Å². The molecule has 0 aromatic carbocycles. The Balaban J connectivity index is 2.14. The summed E-state index contributed by atoms with van der Waals surface area (Å²) in [7, 11) is 0. The van der Waals surface area contributed by atoms with E-state index >= 15 is 0 Å². The second kappa shape index (κ2) is 6.64. The quantitative estimate of drug-likeness (QED) is 0.634. The molecule has 2 unspecified atom stereocenters. The lowest BCUT2D eigenvalue weighted by Crippen LogP contribution is -2.35. The van der Waals surface area contributed by atoms with Crippen LogP contribution in [0.3, 0.4) is 0 Å². The number of hydrogen-bond acceptors (Lipinski definition) is 1. The van der Waals surface area contributed by atoms with E-state index in [0.717, 1.165) is 12.0 Å². The van der Waals surface area contributed by atoms with E-state index in [1.165, 1.54) is 51.5 Å². The third-order valence-corrected chi connectivity index (χ3v) is 4.02. The molecule has 1 rings (SSSR count). The van der Waals surface area contributed by atoms with Crippen molar-refractivity contribution in [3.8, 4) is 0 Å². The van der Waals surface area contributed by atoms with E-state index < -0.39 is 0 Å². The van der Waals surface area contributed by atoms with Crippen LogP contribution in [-0.2, 0) is 0 Å². The van der Waals surface area contributed by atoms with Crippen molar-refractivity contribution in [1.29, 1.82) is 0 Å². The lowest BCUT2D eigenvalue weighted by molar-refractivity contribution is 0.285. The fourth-order valence-corrected chi connectivity index (χ4v) is 2.76. The van der Waals surface area contributed by atoms with Gasteiger partial charge in [0.15, 0.2) is 0 Å². The van der Waals surface area contributed by atoms with Crippen molar-refractivity contribution < 1.29 is 0 Å². The first-order valence-corrected chi connectivity index (χ1v) is 7.27. The van der Waals surface area contributed by atoms with Crippen LogP contribution in [0.15, 0.2) is 0 Å². The van der Waals surface area contributed by atoms with E-state index in [2.05, 4.69) is 33.0 Å². The molecule has 1 nitrogen and oxygen atoms in total. The molecule has 0 heterocycles. The van der Waals surface area contributed by atoms with Crippen molar-refractivity contribution >= 4 is 0 Å². The Hall–Kier alpha value is -0.0400. The number of nitrogens with one attached hydrogen (secondary N) is 1. The fourth-order valence-electron chi connectivity index (χ4n) is 2.76. The zero-order valence-corrected chi connectivity index (χ0v) is 11.8. The normalized spacial score (nSPS) is 26.2. The van der Waals surface area contributed by atoms with Crippen LogP contribution in [0.4, 0.5) is 0 Å². The van der Waals surface area contributed by atoms with Crippen molar-refractivity contribution in [3.63, 3.8) is 0 Å². The van der Waals surface area contributed by atoms with E-state index in [1.54, 1.807) is 0 Å². The molecule has 1 heteroatoms. The van der Waals surface area contributed by atoms with Gasteiger partial charge < -0.3 is 5.32 Å². The fraction of sp³-hybridized carbons (Fsp3) is 1.00. The molecule has 1 fully saturated rings. The molecule has 1 N–H and O–H groups in total. The Morgan fingerprint density at radius 2 is 1.94 bits per heavy atom. The summed E-state index contributed by atoms with van der Waals surface area (Å²) >= 11 is 0. The topological polar surface area (TPSA) is 12.0 Å². The summed E-state index contributed by atoms with van der Waals surface area (Å²) in [5.74, 6) is 0.945. The standard InChI is InChI=1S/C15H31N/c1-5-6-7-10-15(3,4)12-16-14-9-8-13(2)11-14/h13-14,16H,5-12H2,1-4H3. The maximum atomic E-state index is 3.78. The molecule has 1 saturated carbocycles. The highest BCUT2D eigenvalue weighted by Gasteiger charge is 2.24. The Morgan fingerprint density at radius 3 is 2.50 bits per heavy atom. The van der Waals surface area contributed by atoms with E-state index in [0.29, 0.717) is 5.41 Å². The van der Waals surface area contributed by atoms with Crippen molar-refractivity contribution in [1.82, 2.24) is 5.32 Å². The van der Waals surface area contributed by atoms with Gasteiger partial charge in [0.25, 0.3) is 0 Å². The lowest BCUT2D eigenvalue weighted by atomic mass is 9.86. The van der Waals surface area contributed by atoms with E-state index in [-0.39, 0.29) is 0 Å². The van der Waals surface area contributed by atoms with Crippen LogP contribution in [0.25, 0.3) is 0 Å². The predicted octanol–water partition coefficient (Wildman–Crippen LogP) is 4.37. The zero-order valence-electron chi connectivity index (χ0n) is 11.8. The molecule has 0 radical (unpaired) electrons. The largest absolute Gasteiger partial charge is 0.313 e. The molecule has 0 spiro atoms. The summed E-state index contributed by atoms with van der Waals surface area (Å²) in [6.07, 6.45) is 9.71. The van der Waals surface area contributed by atoms with E-state index in [9.17, 15) is 0 Å². The molecular weight excluding hydrogens is 194 g/mol. The maximum Gasteiger partial charge on any atom is 0.00699 e. The lowest BCUT2D eigenvalue weighted by Gasteiger charge is -2.27. The zero-order chi connectivity index (χ0) is 12.0. The van der Waals surface area contributed by atoms with Crippen LogP contribution >= 0.6 is 0 Å². The van der Waals surface area contributed by atoms with Gasteiger partial charge >= 0.3 is 0 Å². The number of hydrogen-bond donors (Lipinski definition) is 1. The third-order valence-electron chi connectivity index (χ3n) is 4.02. The summed E-state index contributed by atoms with van der Waals surface area (Å²) in [4.78, 5) is 0. The first kappa shape index (κ1) is 14.0. The van der Waals surface area contributed by atoms with Crippen LogP contribution in [0.2, 0.25) is 0 Å². The van der Waals surface area contributed by atoms with Crippen LogP contribution < -0.4 is 5.32 Å². The maximum absolute atomic E-state index is 3.78. The molecule has 16 heavy (non-hydrogen) atoms. The Bertz CT molecular complexity index is 186. The van der Waals surface area contributed by atoms with Gasteiger partial charge in [0, 0.05) is 12.6 Å². The summed E-state index contributed by atoms with van der Waals surface area (Å²) < 4.78 is 0. The molecule has 0 amide bonds. The Labute approximate surface area is 102 Å². The summed E-state index contributed by atoms with van der Waals surface area (Å²) in [5, 5.41) is 3.78. The van der Waals surface area contributed by atoms with Crippen LogP contribution in [0, 0.1) is 11.3 Å². The molecule has 0 bridgehead atoms. The van der Waals surface area contributed by atoms with E-state index in [1.807, 2.05) is 0 Å². The highest BCUT2D eigenvalue weighted by Crippen LogP contribution is 2.27. The van der Waals surface area contributed by atoms with Crippen molar-refractivity contribution in [2.45, 2.75) is 78.7 Å². The SMILES string of the molecule is CCCCCC(C)(C)CNC1CCC(C)C1. The highest BCUT2D eigenvalue weighted by atomic mass is 14.9. The Morgan fingerprint density at radius 1 is 1.19 bits per heavy atom. The minimum Gasteiger partial charge on any atom is -0.313 e. The van der Waals surface area contributed by atoms with Gasteiger partial charge in [0.1, 0.15) is 0 Å². The van der Waals surface area contributed by atoms with Gasteiger partial charge in [0.2, 0.25) is 0 Å². The van der Waals surface area contributed by atoms with Crippen molar-refractivity contribution in [2.24, 2.45) is 11.3 Å². The molecule has 0 aromatic heterocycles. The number of unbranched alkanes of at least 4 members (excludes halogenated alkanes) is 2. The molecule has 1 aliphatic rings. The van der Waals surface area contributed by atoms with Crippen molar-refractivity contribution in [2.75, 3.05) is 6.54 Å². The first-order valence-electron chi connectivity index (χ1n) is 7.27. The average molecular weight is 225 g/mol. The molecule has 0 aliphatic heterocycles. The molecule has 2 atom stereocenters. The molecular formula is C15H31N. The molecule has 0 aromatic rings. The summed E-state index contributed by atoms with van der Waals surface area (Å²) in [5.41, 5.74) is 0.487. The second-order valence-corrected chi connectivity index (χ2v) is 6.62. The monoisotopic (exact) mass is 225 g/mol. The molecule has 0 saturated heterocycles. The number of rotatable bonds is 7. The molecule has 1 aliphatic carbocycles. The van der Waals surface area contributed by atoms with Gasteiger partial charge in [-0.25, -0.2) is 0 Å². The second-order valence-electron chi connectivity index (χ2n) is 6.62. The van der Waals surface area contributed by atoms with Gasteiger partial charge in [0.05, 0.1) is 0 Å². The summed E-state index contributed by atoms with van der Waals surface area (Å²) in [6.45, 7) is 10.7. The van der Waals surface area contributed by atoms with Gasteiger partial charge in [-0.1, -0.05) is 47.0 Å². The van der Waals surface area contributed by atoms with E-state index in [4.69, 9.17) is 0 Å². The van der Waals surface area contributed by atoms with Crippen LogP contribution in [-0.4, -0.2) is 12.6 Å². The van der Waals surface area contributed by atoms with Gasteiger partial charge in [-0.05, 0) is 37.0 Å².